The number of carbonyl (C=O) groups is 1. The monoisotopic (exact) mass is 323 g/mol. The van der Waals surface area contributed by atoms with Gasteiger partial charge in [0.05, 0.1) is 0 Å². The minimum absolute atomic E-state index is 0.0344. The molecule has 0 saturated carbocycles. The Bertz CT molecular complexity index is 299. The Hall–Kier alpha value is -0.290. The van der Waals surface area contributed by atoms with Crippen LogP contribution in [0.5, 0.6) is 0 Å². The number of halogens is 2. The minimum Gasteiger partial charge on any atom is -0.355 e. The fraction of sp³-hybridized carbons (Fsp3) is 0.300. The van der Waals surface area contributed by atoms with Crippen LogP contribution in [0.2, 0.25) is 0 Å². The van der Waals surface area contributed by atoms with Gasteiger partial charge in [0, 0.05) is 10.1 Å². The summed E-state index contributed by atoms with van der Waals surface area (Å²) in [7, 11) is 0. The minimum atomic E-state index is -0.114. The number of amides is 1. The molecule has 0 aromatic heterocycles. The van der Waals surface area contributed by atoms with Crippen LogP contribution in [-0.4, -0.2) is 18.3 Å². The summed E-state index contributed by atoms with van der Waals surface area (Å²) in [6.07, 6.45) is 0.847. The first kappa shape index (κ1) is 11.8. The van der Waals surface area contributed by atoms with Crippen molar-refractivity contribution in [1.29, 1.82) is 0 Å². The molecule has 0 unspecified atom stereocenters. The van der Waals surface area contributed by atoms with Crippen molar-refractivity contribution in [3.63, 3.8) is 0 Å². The molecule has 0 aliphatic heterocycles. The lowest BCUT2D eigenvalue weighted by Crippen LogP contribution is -2.26. The van der Waals surface area contributed by atoms with E-state index in [9.17, 15) is 4.79 Å². The van der Waals surface area contributed by atoms with Crippen LogP contribution in [0.25, 0.3) is 0 Å². The standard InChI is InChI=1S/C10H11ClINO/c11-7-10(14)13-6-5-8-1-3-9(12)4-2-8/h1-4H,5-7H2,(H,13,14). The van der Waals surface area contributed by atoms with E-state index in [1.165, 1.54) is 9.13 Å². The quantitative estimate of drug-likeness (QED) is 0.668. The molecule has 0 fully saturated rings. The van der Waals surface area contributed by atoms with Gasteiger partial charge in [-0.05, 0) is 46.7 Å². The van der Waals surface area contributed by atoms with Gasteiger partial charge in [-0.3, -0.25) is 4.79 Å². The van der Waals surface area contributed by atoms with Gasteiger partial charge in [0.2, 0.25) is 5.91 Å². The zero-order chi connectivity index (χ0) is 10.4. The highest BCUT2D eigenvalue weighted by Crippen LogP contribution is 2.06. The molecule has 4 heteroatoms. The molecular formula is C10H11ClINO. The molecule has 0 saturated heterocycles. The van der Waals surface area contributed by atoms with E-state index in [1.54, 1.807) is 0 Å². The van der Waals surface area contributed by atoms with Crippen LogP contribution in [0.15, 0.2) is 24.3 Å². The van der Waals surface area contributed by atoms with E-state index in [4.69, 9.17) is 11.6 Å². The fourth-order valence-electron chi connectivity index (χ4n) is 1.04. The molecule has 0 atom stereocenters. The van der Waals surface area contributed by atoms with Crippen molar-refractivity contribution < 1.29 is 4.79 Å². The summed E-state index contributed by atoms with van der Waals surface area (Å²) >= 11 is 7.61. The number of rotatable bonds is 4. The first-order valence-electron chi connectivity index (χ1n) is 4.29. The van der Waals surface area contributed by atoms with E-state index in [0.717, 1.165) is 6.42 Å². The molecule has 14 heavy (non-hydrogen) atoms. The Kier molecular flexibility index (Phi) is 5.25. The zero-order valence-electron chi connectivity index (χ0n) is 7.59. The van der Waals surface area contributed by atoms with Crippen molar-refractivity contribution in [1.82, 2.24) is 5.32 Å². The maximum atomic E-state index is 10.8. The second-order valence-electron chi connectivity index (χ2n) is 2.86. The van der Waals surface area contributed by atoms with Gasteiger partial charge in [0.15, 0.2) is 0 Å². The lowest BCUT2D eigenvalue weighted by atomic mass is 10.1. The van der Waals surface area contributed by atoms with Gasteiger partial charge in [-0.15, -0.1) is 11.6 Å². The SMILES string of the molecule is O=C(CCl)NCCc1ccc(I)cc1. The van der Waals surface area contributed by atoms with Crippen molar-refractivity contribution in [2.75, 3.05) is 12.4 Å². The van der Waals surface area contributed by atoms with Crippen LogP contribution < -0.4 is 5.32 Å². The van der Waals surface area contributed by atoms with E-state index >= 15 is 0 Å². The summed E-state index contributed by atoms with van der Waals surface area (Å²) < 4.78 is 1.22. The van der Waals surface area contributed by atoms with Crippen LogP contribution in [0, 0.1) is 3.57 Å². The van der Waals surface area contributed by atoms with Gasteiger partial charge in [0.1, 0.15) is 5.88 Å². The molecule has 0 aliphatic rings. The topological polar surface area (TPSA) is 29.1 Å². The zero-order valence-corrected chi connectivity index (χ0v) is 10.5. The average molecular weight is 324 g/mol. The Balaban J connectivity index is 2.31. The molecule has 0 heterocycles. The number of alkyl halides is 1. The molecule has 0 spiro atoms. The van der Waals surface area contributed by atoms with Gasteiger partial charge in [-0.2, -0.15) is 0 Å². The molecular weight excluding hydrogens is 312 g/mol. The molecule has 0 radical (unpaired) electrons. The van der Waals surface area contributed by atoms with E-state index in [0.29, 0.717) is 6.54 Å². The van der Waals surface area contributed by atoms with E-state index < -0.39 is 0 Å². The van der Waals surface area contributed by atoms with Crippen molar-refractivity contribution in [2.24, 2.45) is 0 Å². The van der Waals surface area contributed by atoms with Crippen molar-refractivity contribution in [3.8, 4) is 0 Å². The maximum absolute atomic E-state index is 10.8. The summed E-state index contributed by atoms with van der Waals surface area (Å²) in [6.45, 7) is 0.645. The van der Waals surface area contributed by atoms with Crippen LogP contribution >= 0.6 is 34.2 Å². The Morgan fingerprint density at radius 1 is 1.36 bits per heavy atom. The van der Waals surface area contributed by atoms with Crippen molar-refractivity contribution in [2.45, 2.75) is 6.42 Å². The van der Waals surface area contributed by atoms with E-state index in [2.05, 4.69) is 52.2 Å². The third-order valence-electron chi connectivity index (χ3n) is 1.77. The lowest BCUT2D eigenvalue weighted by Gasteiger charge is -2.03. The second-order valence-corrected chi connectivity index (χ2v) is 4.37. The Morgan fingerprint density at radius 3 is 2.57 bits per heavy atom. The van der Waals surface area contributed by atoms with Gasteiger partial charge < -0.3 is 5.32 Å². The highest BCUT2D eigenvalue weighted by molar-refractivity contribution is 14.1. The van der Waals surface area contributed by atoms with E-state index in [-0.39, 0.29) is 11.8 Å². The molecule has 1 aromatic carbocycles. The van der Waals surface area contributed by atoms with Crippen LogP contribution in [0.1, 0.15) is 5.56 Å². The summed E-state index contributed by atoms with van der Waals surface area (Å²) in [5, 5.41) is 2.72. The Labute approximate surface area is 102 Å². The molecule has 1 N–H and O–H groups in total. The largest absolute Gasteiger partial charge is 0.355 e. The fourth-order valence-corrected chi connectivity index (χ4v) is 1.50. The number of hydrogen-bond donors (Lipinski definition) is 1. The normalized spacial score (nSPS) is 9.86. The maximum Gasteiger partial charge on any atom is 0.234 e. The number of benzene rings is 1. The summed E-state index contributed by atoms with van der Waals surface area (Å²) in [5.41, 5.74) is 1.22. The van der Waals surface area contributed by atoms with Gasteiger partial charge in [-0.25, -0.2) is 0 Å². The lowest BCUT2D eigenvalue weighted by molar-refractivity contribution is -0.118. The second kappa shape index (κ2) is 6.24. The highest BCUT2D eigenvalue weighted by Gasteiger charge is 1.97. The van der Waals surface area contributed by atoms with E-state index in [1.807, 2.05) is 0 Å². The molecule has 1 aromatic rings. The smallest absolute Gasteiger partial charge is 0.234 e. The molecule has 0 bridgehead atoms. The van der Waals surface area contributed by atoms with Gasteiger partial charge >= 0.3 is 0 Å². The first-order valence-corrected chi connectivity index (χ1v) is 5.91. The van der Waals surface area contributed by atoms with Crippen LogP contribution in [-0.2, 0) is 11.2 Å². The van der Waals surface area contributed by atoms with Crippen LogP contribution in [0.3, 0.4) is 0 Å². The highest BCUT2D eigenvalue weighted by atomic mass is 127. The molecule has 2 nitrogen and oxygen atoms in total. The summed E-state index contributed by atoms with van der Waals surface area (Å²) in [5.74, 6) is -0.0793. The molecule has 0 aliphatic carbocycles. The molecule has 1 rings (SSSR count). The molecule has 76 valence electrons. The predicted molar refractivity (Wildman–Crippen MR) is 66.6 cm³/mol. The van der Waals surface area contributed by atoms with Gasteiger partial charge in [0.25, 0.3) is 0 Å². The summed E-state index contributed by atoms with van der Waals surface area (Å²) in [6, 6.07) is 8.24. The van der Waals surface area contributed by atoms with Crippen molar-refractivity contribution >= 4 is 40.1 Å². The number of carbonyl (C=O) groups excluding carboxylic acids is 1. The third kappa shape index (κ3) is 4.28. The van der Waals surface area contributed by atoms with Crippen LogP contribution in [0.4, 0.5) is 0 Å². The molecule has 1 amide bonds. The third-order valence-corrected chi connectivity index (χ3v) is 2.73. The number of hydrogen-bond acceptors (Lipinski definition) is 1. The van der Waals surface area contributed by atoms with Crippen molar-refractivity contribution in [3.05, 3.63) is 33.4 Å². The number of nitrogens with one attached hydrogen (secondary N) is 1. The summed E-state index contributed by atoms with van der Waals surface area (Å²) in [4.78, 5) is 10.8. The predicted octanol–water partition coefficient (Wildman–Crippen LogP) is 2.19. The first-order chi connectivity index (χ1) is 6.72. The van der Waals surface area contributed by atoms with Gasteiger partial charge in [-0.1, -0.05) is 12.1 Å². The Morgan fingerprint density at radius 2 is 2.00 bits per heavy atom. The average Bonchev–Trinajstić information content (AvgIpc) is 2.21.